The lowest BCUT2D eigenvalue weighted by Crippen LogP contribution is -2.20. The van der Waals surface area contributed by atoms with Crippen molar-refractivity contribution in [3.8, 4) is 5.75 Å². The van der Waals surface area contributed by atoms with Crippen LogP contribution in [0.4, 0.5) is 0 Å². The number of nitrogens with one attached hydrogen (secondary N) is 1. The van der Waals surface area contributed by atoms with Gasteiger partial charge in [-0.3, -0.25) is 0 Å². The third-order valence-electron chi connectivity index (χ3n) is 2.90. The Morgan fingerprint density at radius 2 is 1.94 bits per heavy atom. The zero-order valence-corrected chi connectivity index (χ0v) is 11.8. The van der Waals surface area contributed by atoms with Crippen LogP contribution in [0.5, 0.6) is 5.75 Å². The highest BCUT2D eigenvalue weighted by molar-refractivity contribution is 5.29. The summed E-state index contributed by atoms with van der Waals surface area (Å²) in [6.45, 7) is 11.9. The van der Waals surface area contributed by atoms with E-state index in [-0.39, 0.29) is 0 Å². The van der Waals surface area contributed by atoms with Gasteiger partial charge in [-0.05, 0) is 50.9 Å². The van der Waals surface area contributed by atoms with E-state index in [1.54, 1.807) is 0 Å². The van der Waals surface area contributed by atoms with Crippen molar-refractivity contribution in [2.45, 2.75) is 39.7 Å². The third-order valence-corrected chi connectivity index (χ3v) is 2.90. The van der Waals surface area contributed by atoms with Crippen molar-refractivity contribution in [1.29, 1.82) is 0 Å². The number of hydrogen-bond donors (Lipinski definition) is 1. The summed E-state index contributed by atoms with van der Waals surface area (Å²) in [5.41, 5.74) is 2.56. The average Bonchev–Trinajstić information content (AvgIpc) is 2.36. The quantitative estimate of drug-likeness (QED) is 0.699. The molecule has 0 bridgehead atoms. The van der Waals surface area contributed by atoms with Crippen LogP contribution >= 0.6 is 0 Å². The Balaban J connectivity index is 2.68. The summed E-state index contributed by atoms with van der Waals surface area (Å²) >= 11 is 0. The molecule has 0 saturated heterocycles. The Labute approximate surface area is 111 Å². The summed E-state index contributed by atoms with van der Waals surface area (Å²) in [6.07, 6.45) is 2.15. The van der Waals surface area contributed by atoms with Crippen LogP contribution in [0.1, 0.15) is 45.2 Å². The smallest absolute Gasteiger partial charge is 0.119 e. The summed E-state index contributed by atoms with van der Waals surface area (Å²) in [6, 6.07) is 8.80. The minimum absolute atomic E-state index is 0.405. The normalized spacial score (nSPS) is 12.2. The molecule has 18 heavy (non-hydrogen) atoms. The van der Waals surface area contributed by atoms with Crippen LogP contribution in [-0.2, 0) is 0 Å². The van der Waals surface area contributed by atoms with Gasteiger partial charge in [0.05, 0.1) is 6.61 Å². The Kier molecular flexibility index (Phi) is 6.51. The molecule has 0 spiro atoms. The standard InChI is InChI=1S/C16H25NO/c1-5-17-16(12-7-13(3)4)14-8-10-15(11-9-14)18-6-2/h8-11,16-17H,3,5-7,12H2,1-2,4H3. The van der Waals surface area contributed by atoms with E-state index in [4.69, 9.17) is 4.74 Å². The van der Waals surface area contributed by atoms with Gasteiger partial charge in [0, 0.05) is 6.04 Å². The second-order valence-electron chi connectivity index (χ2n) is 4.61. The molecule has 0 aromatic heterocycles. The second kappa shape index (κ2) is 7.93. The average molecular weight is 247 g/mol. The zero-order valence-electron chi connectivity index (χ0n) is 11.8. The molecule has 2 heteroatoms. The maximum Gasteiger partial charge on any atom is 0.119 e. The Morgan fingerprint density at radius 1 is 1.28 bits per heavy atom. The number of hydrogen-bond acceptors (Lipinski definition) is 2. The molecule has 1 rings (SSSR count). The zero-order chi connectivity index (χ0) is 13.4. The molecule has 0 heterocycles. The first kappa shape index (κ1) is 14.8. The summed E-state index contributed by atoms with van der Waals surface area (Å²) < 4.78 is 5.46. The van der Waals surface area contributed by atoms with E-state index in [0.29, 0.717) is 12.6 Å². The molecule has 2 nitrogen and oxygen atoms in total. The summed E-state index contributed by atoms with van der Waals surface area (Å²) in [4.78, 5) is 0. The fourth-order valence-electron chi connectivity index (χ4n) is 1.99. The molecular weight excluding hydrogens is 222 g/mol. The van der Waals surface area contributed by atoms with Gasteiger partial charge in [0.2, 0.25) is 0 Å². The fraction of sp³-hybridized carbons (Fsp3) is 0.500. The van der Waals surface area contributed by atoms with Crippen molar-refractivity contribution >= 4 is 0 Å². The molecule has 0 aliphatic heterocycles. The lowest BCUT2D eigenvalue weighted by molar-refractivity contribution is 0.340. The summed E-state index contributed by atoms with van der Waals surface area (Å²) in [5.74, 6) is 0.941. The lowest BCUT2D eigenvalue weighted by Gasteiger charge is -2.18. The number of ether oxygens (including phenoxy) is 1. The van der Waals surface area contributed by atoms with Crippen LogP contribution < -0.4 is 10.1 Å². The Morgan fingerprint density at radius 3 is 2.44 bits per heavy atom. The Hall–Kier alpha value is -1.28. The summed E-state index contributed by atoms with van der Waals surface area (Å²) in [5, 5.41) is 3.52. The molecule has 1 aromatic rings. The molecule has 0 aliphatic carbocycles. The van der Waals surface area contributed by atoms with Gasteiger partial charge in [0.1, 0.15) is 5.75 Å². The minimum Gasteiger partial charge on any atom is -0.494 e. The van der Waals surface area contributed by atoms with Crippen LogP contribution in [0.2, 0.25) is 0 Å². The number of benzene rings is 1. The topological polar surface area (TPSA) is 21.3 Å². The largest absolute Gasteiger partial charge is 0.494 e. The van der Waals surface area contributed by atoms with Crippen LogP contribution in [0, 0.1) is 0 Å². The van der Waals surface area contributed by atoms with E-state index in [1.165, 1.54) is 11.1 Å². The van der Waals surface area contributed by atoms with Crippen LogP contribution in [-0.4, -0.2) is 13.2 Å². The summed E-state index contributed by atoms with van der Waals surface area (Å²) in [7, 11) is 0. The SMILES string of the molecule is C=C(C)CCC(NCC)c1ccc(OCC)cc1. The fourth-order valence-corrected chi connectivity index (χ4v) is 1.99. The van der Waals surface area contributed by atoms with E-state index in [1.807, 2.05) is 19.1 Å². The maximum atomic E-state index is 5.46. The van der Waals surface area contributed by atoms with E-state index < -0.39 is 0 Å². The molecule has 0 saturated carbocycles. The van der Waals surface area contributed by atoms with Gasteiger partial charge >= 0.3 is 0 Å². The molecular formula is C16H25NO. The van der Waals surface area contributed by atoms with Gasteiger partial charge in [-0.2, -0.15) is 0 Å². The number of allylic oxidation sites excluding steroid dienone is 1. The predicted octanol–water partition coefficient (Wildman–Crippen LogP) is 4.09. The molecule has 1 N–H and O–H groups in total. The van der Waals surface area contributed by atoms with E-state index in [2.05, 4.69) is 37.9 Å². The monoisotopic (exact) mass is 247 g/mol. The van der Waals surface area contributed by atoms with Crippen molar-refractivity contribution in [3.05, 3.63) is 42.0 Å². The molecule has 100 valence electrons. The predicted molar refractivity (Wildman–Crippen MR) is 78.1 cm³/mol. The first-order chi connectivity index (χ1) is 8.67. The molecule has 1 unspecified atom stereocenters. The highest BCUT2D eigenvalue weighted by Gasteiger charge is 2.09. The number of rotatable bonds is 8. The van der Waals surface area contributed by atoms with Crippen molar-refractivity contribution in [2.24, 2.45) is 0 Å². The van der Waals surface area contributed by atoms with Crippen molar-refractivity contribution < 1.29 is 4.74 Å². The van der Waals surface area contributed by atoms with Gasteiger partial charge in [-0.1, -0.05) is 24.6 Å². The van der Waals surface area contributed by atoms with E-state index >= 15 is 0 Å². The van der Waals surface area contributed by atoms with Crippen molar-refractivity contribution in [2.75, 3.05) is 13.2 Å². The molecule has 0 amide bonds. The maximum absolute atomic E-state index is 5.46. The first-order valence-electron chi connectivity index (χ1n) is 6.77. The van der Waals surface area contributed by atoms with Gasteiger partial charge in [-0.15, -0.1) is 6.58 Å². The van der Waals surface area contributed by atoms with Crippen LogP contribution in [0.15, 0.2) is 36.4 Å². The van der Waals surface area contributed by atoms with Gasteiger partial charge in [0.25, 0.3) is 0 Å². The highest BCUT2D eigenvalue weighted by atomic mass is 16.5. The third kappa shape index (κ3) is 4.92. The minimum atomic E-state index is 0.405. The second-order valence-corrected chi connectivity index (χ2v) is 4.61. The van der Waals surface area contributed by atoms with Gasteiger partial charge < -0.3 is 10.1 Å². The molecule has 0 radical (unpaired) electrons. The van der Waals surface area contributed by atoms with E-state index in [0.717, 1.165) is 25.1 Å². The van der Waals surface area contributed by atoms with Crippen LogP contribution in [0.3, 0.4) is 0 Å². The molecule has 0 fully saturated rings. The van der Waals surface area contributed by atoms with Gasteiger partial charge in [-0.25, -0.2) is 0 Å². The molecule has 1 atom stereocenters. The first-order valence-corrected chi connectivity index (χ1v) is 6.77. The van der Waals surface area contributed by atoms with Crippen molar-refractivity contribution in [1.82, 2.24) is 5.32 Å². The Bertz CT molecular complexity index is 356. The molecule has 0 aliphatic rings. The van der Waals surface area contributed by atoms with E-state index in [9.17, 15) is 0 Å². The molecule has 1 aromatic carbocycles. The van der Waals surface area contributed by atoms with Crippen molar-refractivity contribution in [3.63, 3.8) is 0 Å². The lowest BCUT2D eigenvalue weighted by atomic mass is 10.00. The van der Waals surface area contributed by atoms with Gasteiger partial charge in [0.15, 0.2) is 0 Å². The highest BCUT2D eigenvalue weighted by Crippen LogP contribution is 2.22. The van der Waals surface area contributed by atoms with Crippen LogP contribution in [0.25, 0.3) is 0 Å².